The molecule has 0 radical (unpaired) electrons. The smallest absolute Gasteiger partial charge is 0.194 e. The van der Waals surface area contributed by atoms with Crippen LogP contribution in [0.15, 0.2) is 35.3 Å². The maximum absolute atomic E-state index is 8.99. The molecule has 0 bridgehead atoms. The molecule has 0 saturated heterocycles. The minimum absolute atomic E-state index is 0.130. The molecule has 4 N–H and O–H groups in total. The van der Waals surface area contributed by atoms with Crippen LogP contribution in [-0.4, -0.2) is 28.2 Å². The van der Waals surface area contributed by atoms with Crippen molar-refractivity contribution in [1.29, 1.82) is 0 Å². The molecule has 1 saturated carbocycles. The van der Waals surface area contributed by atoms with Crippen LogP contribution in [-0.2, 0) is 0 Å². The number of nitrogens with two attached hydrogens (primary N) is 1. The van der Waals surface area contributed by atoms with Gasteiger partial charge in [-0.3, -0.25) is 0 Å². The van der Waals surface area contributed by atoms with Gasteiger partial charge < -0.3 is 16.2 Å². The lowest BCUT2D eigenvalue weighted by Gasteiger charge is -2.14. The Kier molecular flexibility index (Phi) is 10.8. The monoisotopic (exact) mass is 329 g/mol. The first-order valence-electron chi connectivity index (χ1n) is 6.80. The van der Waals surface area contributed by atoms with Gasteiger partial charge in [0.1, 0.15) is 0 Å². The number of aliphatic imine (C=N–C) groups is 1. The number of aliphatic hydroxyl groups is 1. The van der Waals surface area contributed by atoms with E-state index >= 15 is 0 Å². The minimum Gasteiger partial charge on any atom is -0.390 e. The second kappa shape index (κ2) is 11.5. The molecule has 1 aromatic rings. The molecule has 118 valence electrons. The fourth-order valence-corrected chi connectivity index (χ4v) is 1.08. The molecule has 1 unspecified atom stereocenters. The predicted octanol–water partition coefficient (Wildman–Crippen LogP) is 2.96. The van der Waals surface area contributed by atoms with E-state index in [0.29, 0.717) is 0 Å². The van der Waals surface area contributed by atoms with E-state index in [0.717, 1.165) is 6.34 Å². The Hall–Kier alpha value is -1.17. The van der Waals surface area contributed by atoms with Gasteiger partial charge in [-0.25, -0.2) is 4.99 Å². The largest absolute Gasteiger partial charge is 0.390 e. The van der Waals surface area contributed by atoms with E-state index in [4.69, 9.17) is 22.4 Å². The summed E-state index contributed by atoms with van der Waals surface area (Å²) in [5.41, 5.74) is 6.28. The lowest BCUT2D eigenvalue weighted by atomic mass is 10.2. The molecular formula is C15H24ClN3OS. The molecule has 4 nitrogen and oxygen atoms in total. The number of halogens is 1. The lowest BCUT2D eigenvalue weighted by Crippen LogP contribution is -2.35. The van der Waals surface area contributed by atoms with Crippen LogP contribution < -0.4 is 11.1 Å². The zero-order valence-electron chi connectivity index (χ0n) is 12.6. The number of benzene rings is 1. The van der Waals surface area contributed by atoms with Crippen LogP contribution in [0.3, 0.4) is 0 Å². The highest BCUT2D eigenvalue weighted by molar-refractivity contribution is 7.80. The van der Waals surface area contributed by atoms with Gasteiger partial charge in [0.15, 0.2) is 10.2 Å². The van der Waals surface area contributed by atoms with Crippen LogP contribution in [0.5, 0.6) is 0 Å². The van der Waals surface area contributed by atoms with Crippen molar-refractivity contribution in [2.75, 3.05) is 6.54 Å². The lowest BCUT2D eigenvalue weighted by molar-refractivity contribution is 0.153. The van der Waals surface area contributed by atoms with Gasteiger partial charge in [0.2, 0.25) is 0 Å². The van der Waals surface area contributed by atoms with E-state index in [2.05, 4.69) is 41.6 Å². The zero-order chi connectivity index (χ0) is 16.1. The van der Waals surface area contributed by atoms with Crippen molar-refractivity contribution in [3.63, 3.8) is 0 Å². The van der Waals surface area contributed by atoms with E-state index in [1.807, 2.05) is 18.2 Å². The highest BCUT2D eigenvalue weighted by Crippen LogP contribution is 2.14. The summed E-state index contributed by atoms with van der Waals surface area (Å²) in [6.07, 6.45) is 5.57. The highest BCUT2D eigenvalue weighted by atomic mass is 35.5. The number of nitrogens with one attached hydrogen (secondary N) is 1. The van der Waals surface area contributed by atoms with Crippen LogP contribution in [0.25, 0.3) is 0 Å². The van der Waals surface area contributed by atoms with Crippen LogP contribution in [0.4, 0.5) is 0 Å². The molecule has 21 heavy (non-hydrogen) atoms. The Morgan fingerprint density at radius 2 is 1.95 bits per heavy atom. The van der Waals surface area contributed by atoms with Crippen molar-refractivity contribution >= 4 is 35.3 Å². The van der Waals surface area contributed by atoms with Crippen molar-refractivity contribution in [3.8, 4) is 0 Å². The first-order valence-corrected chi connectivity index (χ1v) is 7.59. The van der Waals surface area contributed by atoms with Gasteiger partial charge >= 0.3 is 0 Å². The SMILES string of the molecule is C1CC1.CC(O)(Cl)CNC(=S)/N=C\N.Cc1ccccc1. The molecule has 0 spiro atoms. The Bertz CT molecular complexity index is 414. The van der Waals surface area contributed by atoms with Crippen molar-refractivity contribution in [2.24, 2.45) is 10.7 Å². The van der Waals surface area contributed by atoms with E-state index in [1.165, 1.54) is 31.7 Å². The second-order valence-corrected chi connectivity index (χ2v) is 6.00. The van der Waals surface area contributed by atoms with Crippen molar-refractivity contribution in [2.45, 2.75) is 38.2 Å². The van der Waals surface area contributed by atoms with Gasteiger partial charge in [0.05, 0.1) is 12.9 Å². The number of rotatable bonds is 2. The van der Waals surface area contributed by atoms with E-state index in [1.54, 1.807) is 0 Å². The highest BCUT2D eigenvalue weighted by Gasteiger charge is 2.14. The average Bonchev–Trinajstić information content (AvgIpc) is 3.26. The summed E-state index contributed by atoms with van der Waals surface area (Å²) in [5.74, 6) is 0. The van der Waals surface area contributed by atoms with E-state index in [9.17, 15) is 0 Å². The molecule has 1 aliphatic carbocycles. The standard InChI is InChI=1S/C7H8.C5H10ClN3OS.C3H6/c1-7-5-3-2-4-6-7;1-5(6,10)2-8-4(11)9-3-7;1-2-3-1/h2-6H,1H3;3,10H,2H2,1H3,(H3,7,8,9,11);1-3H2. The van der Waals surface area contributed by atoms with Crippen LogP contribution >= 0.6 is 23.8 Å². The summed E-state index contributed by atoms with van der Waals surface area (Å²) in [4.78, 5) is 3.53. The first kappa shape index (κ1) is 19.8. The topological polar surface area (TPSA) is 70.6 Å². The summed E-state index contributed by atoms with van der Waals surface area (Å²) in [6.45, 7) is 3.65. The summed E-state index contributed by atoms with van der Waals surface area (Å²) >= 11 is 10.1. The number of thiocarbonyl (C=S) groups is 1. The molecule has 0 heterocycles. The molecule has 1 fully saturated rings. The molecular weight excluding hydrogens is 306 g/mol. The Morgan fingerprint density at radius 1 is 1.43 bits per heavy atom. The summed E-state index contributed by atoms with van der Waals surface area (Å²) in [6, 6.07) is 10.3. The molecule has 6 heteroatoms. The molecule has 0 aromatic heterocycles. The molecule has 0 amide bonds. The van der Waals surface area contributed by atoms with Gasteiger partial charge in [-0.1, -0.05) is 66.8 Å². The first-order chi connectivity index (χ1) is 9.85. The quantitative estimate of drug-likeness (QED) is 0.337. The van der Waals surface area contributed by atoms with E-state index in [-0.39, 0.29) is 11.7 Å². The van der Waals surface area contributed by atoms with Gasteiger partial charge in [-0.2, -0.15) is 0 Å². The Labute approximate surface area is 137 Å². The average molecular weight is 330 g/mol. The number of hydrogen-bond donors (Lipinski definition) is 3. The molecule has 2 rings (SSSR count). The van der Waals surface area contributed by atoms with Crippen LogP contribution in [0.1, 0.15) is 31.7 Å². The van der Waals surface area contributed by atoms with Gasteiger partial charge in [-0.05, 0) is 26.1 Å². The Morgan fingerprint density at radius 3 is 2.24 bits per heavy atom. The summed E-state index contributed by atoms with van der Waals surface area (Å²) in [7, 11) is 0. The number of hydrogen-bond acceptors (Lipinski definition) is 2. The maximum atomic E-state index is 8.99. The third-order valence-corrected chi connectivity index (χ3v) is 2.43. The van der Waals surface area contributed by atoms with E-state index < -0.39 is 5.06 Å². The fraction of sp³-hybridized carbons (Fsp3) is 0.467. The normalized spacial score (nSPS) is 14.9. The van der Waals surface area contributed by atoms with Crippen molar-refractivity contribution in [3.05, 3.63) is 35.9 Å². The van der Waals surface area contributed by atoms with Gasteiger partial charge in [-0.15, -0.1) is 0 Å². The third kappa shape index (κ3) is 18.8. The predicted molar refractivity (Wildman–Crippen MR) is 94.8 cm³/mol. The Balaban J connectivity index is 0.000000333. The maximum Gasteiger partial charge on any atom is 0.194 e. The van der Waals surface area contributed by atoms with Gasteiger partial charge in [0, 0.05) is 0 Å². The summed E-state index contributed by atoms with van der Waals surface area (Å²) in [5, 5.41) is 10.5. The molecule has 1 aliphatic rings. The zero-order valence-corrected chi connectivity index (χ0v) is 14.1. The molecule has 1 atom stereocenters. The summed E-state index contributed by atoms with van der Waals surface area (Å²) < 4.78 is 0. The number of aryl methyl sites for hydroxylation is 1. The molecule has 0 aliphatic heterocycles. The molecule has 1 aromatic carbocycles. The van der Waals surface area contributed by atoms with Crippen LogP contribution in [0.2, 0.25) is 0 Å². The number of nitrogens with zero attached hydrogens (tertiary/aromatic N) is 1. The fourth-order valence-electron chi connectivity index (χ4n) is 0.885. The third-order valence-electron chi connectivity index (χ3n) is 2.05. The second-order valence-electron chi connectivity index (χ2n) is 4.79. The van der Waals surface area contributed by atoms with Crippen LogP contribution in [0, 0.1) is 6.92 Å². The minimum atomic E-state index is -1.31. The van der Waals surface area contributed by atoms with Gasteiger partial charge in [0.25, 0.3) is 0 Å². The van der Waals surface area contributed by atoms with Crippen molar-refractivity contribution < 1.29 is 5.11 Å². The number of alkyl halides is 1. The van der Waals surface area contributed by atoms with Crippen molar-refractivity contribution in [1.82, 2.24) is 5.32 Å².